The Labute approximate surface area is 120 Å². The third kappa shape index (κ3) is 3.01. The highest BCUT2D eigenvalue weighted by Crippen LogP contribution is 2.41. The molecule has 100 valence electrons. The van der Waals surface area contributed by atoms with Gasteiger partial charge < -0.3 is 5.32 Å². The van der Waals surface area contributed by atoms with Gasteiger partial charge in [-0.3, -0.25) is 0 Å². The van der Waals surface area contributed by atoms with Crippen LogP contribution in [0.1, 0.15) is 44.2 Å². The van der Waals surface area contributed by atoms with E-state index in [1.54, 1.807) is 0 Å². The second-order valence-electron chi connectivity index (χ2n) is 5.43. The summed E-state index contributed by atoms with van der Waals surface area (Å²) in [5.41, 5.74) is 1.07. The van der Waals surface area contributed by atoms with Gasteiger partial charge in [-0.2, -0.15) is 0 Å². The summed E-state index contributed by atoms with van der Waals surface area (Å²) in [4.78, 5) is 0. The van der Waals surface area contributed by atoms with Gasteiger partial charge in [0.1, 0.15) is 0 Å². The third-order valence-electron chi connectivity index (χ3n) is 4.07. The van der Waals surface area contributed by atoms with E-state index in [-0.39, 0.29) is 6.04 Å². The van der Waals surface area contributed by atoms with Gasteiger partial charge in [0.25, 0.3) is 0 Å². The quantitative estimate of drug-likeness (QED) is 0.817. The Morgan fingerprint density at radius 1 is 1.22 bits per heavy atom. The molecular formula is C15H21Cl2N. The first-order chi connectivity index (χ1) is 8.63. The number of rotatable bonds is 3. The number of nitrogens with one attached hydrogen (secondary N) is 1. The monoisotopic (exact) mass is 285 g/mol. The molecule has 0 saturated heterocycles. The fourth-order valence-corrected chi connectivity index (χ4v) is 3.84. The Bertz CT molecular complexity index is 385. The number of hydrogen-bond acceptors (Lipinski definition) is 1. The normalized spacial score (nSPS) is 26.0. The average molecular weight is 286 g/mol. The van der Waals surface area contributed by atoms with Crippen LogP contribution in [0.2, 0.25) is 10.0 Å². The van der Waals surface area contributed by atoms with Crippen LogP contribution in [-0.4, -0.2) is 7.05 Å². The van der Waals surface area contributed by atoms with Gasteiger partial charge in [-0.15, -0.1) is 0 Å². The summed E-state index contributed by atoms with van der Waals surface area (Å²) in [5, 5.41) is 4.98. The van der Waals surface area contributed by atoms with E-state index in [1.165, 1.54) is 25.7 Å². The molecule has 2 rings (SSSR count). The smallest absolute Gasteiger partial charge is 0.0468 e. The van der Waals surface area contributed by atoms with Gasteiger partial charge in [0.2, 0.25) is 0 Å². The van der Waals surface area contributed by atoms with Crippen molar-refractivity contribution >= 4 is 23.2 Å². The van der Waals surface area contributed by atoms with Crippen LogP contribution in [0.3, 0.4) is 0 Å². The standard InChI is InChI=1S/C15H21Cl2N/c1-10-5-3-6-11(9-10)15(18-2)14-12(16)7-4-8-13(14)17/h4,7-8,10-11,15,18H,3,5-6,9H2,1-2H3. The average Bonchev–Trinajstić information content (AvgIpc) is 2.34. The fourth-order valence-electron chi connectivity index (χ4n) is 3.21. The molecule has 0 aromatic heterocycles. The summed E-state index contributed by atoms with van der Waals surface area (Å²) >= 11 is 12.7. The van der Waals surface area contributed by atoms with Crippen molar-refractivity contribution in [2.24, 2.45) is 11.8 Å². The van der Waals surface area contributed by atoms with Gasteiger partial charge in [0, 0.05) is 21.7 Å². The van der Waals surface area contributed by atoms with E-state index in [0.29, 0.717) is 5.92 Å². The van der Waals surface area contributed by atoms with Gasteiger partial charge in [0.05, 0.1) is 0 Å². The third-order valence-corrected chi connectivity index (χ3v) is 4.73. The molecule has 1 aliphatic rings. The largest absolute Gasteiger partial charge is 0.313 e. The zero-order valence-electron chi connectivity index (χ0n) is 11.0. The minimum Gasteiger partial charge on any atom is -0.313 e. The fraction of sp³-hybridized carbons (Fsp3) is 0.600. The molecule has 1 N–H and O–H groups in total. The topological polar surface area (TPSA) is 12.0 Å². The summed E-state index contributed by atoms with van der Waals surface area (Å²) in [6.45, 7) is 2.34. The van der Waals surface area contributed by atoms with Crippen LogP contribution >= 0.6 is 23.2 Å². The van der Waals surface area contributed by atoms with E-state index in [1.807, 2.05) is 25.2 Å². The molecule has 0 bridgehead atoms. The maximum Gasteiger partial charge on any atom is 0.0468 e. The molecule has 0 aliphatic heterocycles. The van der Waals surface area contributed by atoms with E-state index >= 15 is 0 Å². The number of halogens is 2. The molecular weight excluding hydrogens is 265 g/mol. The highest BCUT2D eigenvalue weighted by atomic mass is 35.5. The van der Waals surface area contributed by atoms with Crippen LogP contribution in [0.15, 0.2) is 18.2 Å². The Hall–Kier alpha value is -0.240. The predicted octanol–water partition coefficient (Wildman–Crippen LogP) is 5.08. The Balaban J connectivity index is 2.27. The van der Waals surface area contributed by atoms with Crippen molar-refractivity contribution < 1.29 is 0 Å². The second kappa shape index (κ2) is 6.27. The first-order valence-corrected chi connectivity index (χ1v) is 7.50. The van der Waals surface area contributed by atoms with Crippen LogP contribution in [-0.2, 0) is 0 Å². The Morgan fingerprint density at radius 3 is 2.44 bits per heavy atom. The number of benzene rings is 1. The van der Waals surface area contributed by atoms with Crippen molar-refractivity contribution in [2.75, 3.05) is 7.05 Å². The van der Waals surface area contributed by atoms with Gasteiger partial charge >= 0.3 is 0 Å². The molecule has 1 aliphatic carbocycles. The summed E-state index contributed by atoms with van der Waals surface area (Å²) < 4.78 is 0. The Morgan fingerprint density at radius 2 is 1.89 bits per heavy atom. The lowest BCUT2D eigenvalue weighted by Gasteiger charge is -2.34. The zero-order chi connectivity index (χ0) is 13.1. The first-order valence-electron chi connectivity index (χ1n) is 6.74. The lowest BCUT2D eigenvalue weighted by Crippen LogP contribution is -2.29. The van der Waals surface area contributed by atoms with Gasteiger partial charge in [-0.05, 0) is 43.9 Å². The molecule has 1 fully saturated rings. The minimum atomic E-state index is 0.272. The van der Waals surface area contributed by atoms with Crippen LogP contribution in [0.5, 0.6) is 0 Å². The van der Waals surface area contributed by atoms with Crippen LogP contribution in [0, 0.1) is 11.8 Å². The van der Waals surface area contributed by atoms with E-state index in [4.69, 9.17) is 23.2 Å². The molecule has 1 aromatic carbocycles. The van der Waals surface area contributed by atoms with E-state index < -0.39 is 0 Å². The number of hydrogen-bond donors (Lipinski definition) is 1. The van der Waals surface area contributed by atoms with Gasteiger partial charge in [0.15, 0.2) is 0 Å². The van der Waals surface area contributed by atoms with Gasteiger partial charge in [-0.25, -0.2) is 0 Å². The molecule has 1 aromatic rings. The predicted molar refractivity (Wildman–Crippen MR) is 79.4 cm³/mol. The van der Waals surface area contributed by atoms with E-state index in [2.05, 4.69) is 12.2 Å². The van der Waals surface area contributed by atoms with Crippen molar-refractivity contribution in [3.63, 3.8) is 0 Å². The molecule has 0 radical (unpaired) electrons. The molecule has 3 unspecified atom stereocenters. The highest BCUT2D eigenvalue weighted by Gasteiger charge is 2.29. The summed E-state index contributed by atoms with van der Waals surface area (Å²) in [7, 11) is 2.00. The minimum absolute atomic E-state index is 0.272. The zero-order valence-corrected chi connectivity index (χ0v) is 12.6. The molecule has 3 atom stereocenters. The van der Waals surface area contributed by atoms with Crippen molar-refractivity contribution in [3.05, 3.63) is 33.8 Å². The first kappa shape index (κ1) is 14.2. The second-order valence-corrected chi connectivity index (χ2v) is 6.25. The summed E-state index contributed by atoms with van der Waals surface area (Å²) in [6.07, 6.45) is 5.18. The van der Waals surface area contributed by atoms with Crippen molar-refractivity contribution in [3.8, 4) is 0 Å². The summed E-state index contributed by atoms with van der Waals surface area (Å²) in [6, 6.07) is 6.04. The Kier molecular flexibility index (Phi) is 4.94. The summed E-state index contributed by atoms with van der Waals surface area (Å²) in [5.74, 6) is 1.44. The lowest BCUT2D eigenvalue weighted by atomic mass is 9.76. The van der Waals surface area contributed by atoms with Crippen molar-refractivity contribution in [1.82, 2.24) is 5.32 Å². The van der Waals surface area contributed by atoms with Gasteiger partial charge in [-0.1, -0.05) is 49.0 Å². The molecule has 0 amide bonds. The molecule has 1 saturated carbocycles. The van der Waals surface area contributed by atoms with Crippen molar-refractivity contribution in [1.29, 1.82) is 0 Å². The molecule has 18 heavy (non-hydrogen) atoms. The van der Waals surface area contributed by atoms with Crippen LogP contribution in [0.25, 0.3) is 0 Å². The van der Waals surface area contributed by atoms with E-state index in [9.17, 15) is 0 Å². The van der Waals surface area contributed by atoms with Crippen LogP contribution in [0.4, 0.5) is 0 Å². The molecule has 1 nitrogen and oxygen atoms in total. The highest BCUT2D eigenvalue weighted by molar-refractivity contribution is 6.36. The molecule has 3 heteroatoms. The molecule has 0 heterocycles. The van der Waals surface area contributed by atoms with E-state index in [0.717, 1.165) is 21.5 Å². The maximum atomic E-state index is 6.33. The van der Waals surface area contributed by atoms with Crippen molar-refractivity contribution in [2.45, 2.75) is 38.6 Å². The SMILES string of the molecule is CNC(c1c(Cl)cccc1Cl)C1CCCC(C)C1. The molecule has 0 spiro atoms. The maximum absolute atomic E-state index is 6.33. The lowest BCUT2D eigenvalue weighted by molar-refractivity contribution is 0.230. The van der Waals surface area contributed by atoms with Crippen LogP contribution < -0.4 is 5.32 Å².